The first-order valence-electron chi connectivity index (χ1n) is 3.03. The van der Waals surface area contributed by atoms with Gasteiger partial charge in [0.25, 0.3) is 0 Å². The molecule has 0 aromatic carbocycles. The summed E-state index contributed by atoms with van der Waals surface area (Å²) in [5.41, 5.74) is 2.74. The third kappa shape index (κ3) is 3.23. The number of hydrogen-bond donors (Lipinski definition) is 2. The summed E-state index contributed by atoms with van der Waals surface area (Å²) >= 11 is 0. The number of nitrogens with zero attached hydrogens (tertiary/aromatic N) is 1. The zero-order chi connectivity index (χ0) is 5.82. The van der Waals surface area contributed by atoms with Crippen LogP contribution in [0.3, 0.4) is 0 Å². The Morgan fingerprint density at radius 2 is 1.89 bits per heavy atom. The van der Waals surface area contributed by atoms with Gasteiger partial charge in [-0.1, -0.05) is 12.8 Å². The maximum Gasteiger partial charge on any atom is 0.0177 e. The average molecular weight is 165 g/mol. The molecule has 1 aliphatic heterocycles. The quantitative estimate of drug-likeness (QED) is 0.424. The molecule has 1 fully saturated rings. The Balaban J connectivity index is 0.000000640. The molecule has 0 amide bonds. The molecule has 0 bridgehead atoms. The summed E-state index contributed by atoms with van der Waals surface area (Å²) < 4.78 is 0. The van der Waals surface area contributed by atoms with E-state index in [0.29, 0.717) is 6.04 Å². The topological polar surface area (TPSA) is 52.1 Å². The maximum absolute atomic E-state index is 5.21. The van der Waals surface area contributed by atoms with Crippen LogP contribution in [0, 0.1) is 0 Å². The van der Waals surface area contributed by atoms with Crippen LogP contribution in [0.5, 0.6) is 0 Å². The number of hydrogen-bond acceptors (Lipinski definition) is 2. The average Bonchev–Trinajstić information content (AvgIpc) is 1.90. The van der Waals surface area contributed by atoms with E-state index in [1.807, 2.05) is 0 Å². The van der Waals surface area contributed by atoms with Crippen molar-refractivity contribution in [2.24, 2.45) is 5.84 Å². The van der Waals surface area contributed by atoms with Gasteiger partial charge in [-0.05, 0) is 0 Å². The van der Waals surface area contributed by atoms with E-state index in [1.54, 1.807) is 0 Å². The third-order valence-corrected chi connectivity index (χ3v) is 1.51. The van der Waals surface area contributed by atoms with Gasteiger partial charge in [-0.3, -0.25) is 11.3 Å². The molecule has 0 aromatic rings. The smallest absolute Gasteiger partial charge is 0.0177 e. The van der Waals surface area contributed by atoms with E-state index in [-0.39, 0.29) is 18.6 Å². The predicted octanol–water partition coefficient (Wildman–Crippen LogP) is -0.0167. The molecule has 9 heavy (non-hydrogen) atoms. The zero-order valence-electron chi connectivity index (χ0n) is 5.38. The van der Waals surface area contributed by atoms with Crippen molar-refractivity contribution in [3.8, 4) is 0 Å². The summed E-state index contributed by atoms with van der Waals surface area (Å²) in [7, 11) is 0. The molecule has 3 N–H and O–H groups in total. The Morgan fingerprint density at radius 3 is 2.22 bits per heavy atom. The molecule has 0 atom stereocenters. The number of nitrogens with one attached hydrogen (secondary N) is 1. The first kappa shape index (κ1) is 9.46. The number of piperidine rings is 1. The van der Waals surface area contributed by atoms with E-state index < -0.39 is 0 Å². The van der Waals surface area contributed by atoms with Gasteiger partial charge >= 0.3 is 0 Å². The summed E-state index contributed by atoms with van der Waals surface area (Å²) in [4.78, 5) is 0. The Hall–Kier alpha value is 0.464. The molecule has 53 valence electrons. The summed E-state index contributed by atoms with van der Waals surface area (Å²) in [6.07, 6.45) is 2.22. The molecule has 1 heterocycles. The first-order valence-corrected chi connectivity index (χ1v) is 3.03. The molecule has 1 aliphatic rings. The molecular formula is C5H12N3V-. The van der Waals surface area contributed by atoms with Crippen molar-refractivity contribution in [2.45, 2.75) is 18.9 Å². The minimum Gasteiger partial charge on any atom is -0.662 e. The normalized spacial score (nSPS) is 21.0. The van der Waals surface area contributed by atoms with Crippen molar-refractivity contribution < 1.29 is 18.6 Å². The van der Waals surface area contributed by atoms with Gasteiger partial charge in [0.05, 0.1) is 0 Å². The largest absolute Gasteiger partial charge is 0.662 e. The number of nitrogens with two attached hydrogens (primary N) is 1. The Bertz CT molecular complexity index is 63.2. The van der Waals surface area contributed by atoms with Crippen LogP contribution in [0.4, 0.5) is 0 Å². The van der Waals surface area contributed by atoms with Gasteiger partial charge in [0, 0.05) is 24.6 Å². The van der Waals surface area contributed by atoms with Gasteiger partial charge in [0.15, 0.2) is 0 Å². The molecule has 0 unspecified atom stereocenters. The van der Waals surface area contributed by atoms with Crippen LogP contribution in [-0.4, -0.2) is 19.1 Å². The van der Waals surface area contributed by atoms with Crippen LogP contribution in [0.1, 0.15) is 12.8 Å². The molecule has 0 spiro atoms. The van der Waals surface area contributed by atoms with E-state index in [1.165, 1.54) is 0 Å². The van der Waals surface area contributed by atoms with Crippen LogP contribution in [0.25, 0.3) is 5.32 Å². The predicted molar refractivity (Wildman–Crippen MR) is 33.4 cm³/mol. The van der Waals surface area contributed by atoms with Gasteiger partial charge in [-0.25, -0.2) is 0 Å². The molecule has 0 aromatic heterocycles. The SMILES string of the molecule is NNC1CC[N-]CC1.[V]. The van der Waals surface area contributed by atoms with Gasteiger partial charge in [-0.15, -0.1) is 13.1 Å². The second kappa shape index (κ2) is 5.27. The first-order chi connectivity index (χ1) is 3.93. The van der Waals surface area contributed by atoms with Gasteiger partial charge < -0.3 is 5.32 Å². The number of rotatable bonds is 1. The fourth-order valence-corrected chi connectivity index (χ4v) is 0.917. The van der Waals surface area contributed by atoms with Gasteiger partial charge in [0.1, 0.15) is 0 Å². The molecule has 1 saturated heterocycles. The van der Waals surface area contributed by atoms with Crippen molar-refractivity contribution in [3.63, 3.8) is 0 Å². The second-order valence-electron chi connectivity index (χ2n) is 2.11. The molecule has 4 heteroatoms. The second-order valence-corrected chi connectivity index (χ2v) is 2.11. The monoisotopic (exact) mass is 165 g/mol. The molecular weight excluding hydrogens is 153 g/mol. The van der Waals surface area contributed by atoms with Crippen LogP contribution in [-0.2, 0) is 18.6 Å². The third-order valence-electron chi connectivity index (χ3n) is 1.51. The summed E-state index contributed by atoms with van der Waals surface area (Å²) in [6.45, 7) is 1.96. The van der Waals surface area contributed by atoms with E-state index >= 15 is 0 Å². The van der Waals surface area contributed by atoms with Crippen LogP contribution >= 0.6 is 0 Å². The van der Waals surface area contributed by atoms with Crippen molar-refractivity contribution in [1.29, 1.82) is 0 Å². The van der Waals surface area contributed by atoms with Crippen molar-refractivity contribution in [2.75, 3.05) is 13.1 Å². The van der Waals surface area contributed by atoms with Gasteiger partial charge in [-0.2, -0.15) is 0 Å². The van der Waals surface area contributed by atoms with E-state index in [0.717, 1.165) is 25.9 Å². The molecule has 1 rings (SSSR count). The standard InChI is InChI=1S/C5H12N3.V/c6-8-5-1-3-7-4-2-5;/h5,8H,1-4,6H2;/q-1;. The zero-order valence-corrected chi connectivity index (χ0v) is 6.77. The Morgan fingerprint density at radius 1 is 1.33 bits per heavy atom. The summed E-state index contributed by atoms with van der Waals surface area (Å²) in [6, 6.07) is 0.521. The fraction of sp³-hybridized carbons (Fsp3) is 1.00. The van der Waals surface area contributed by atoms with Crippen molar-refractivity contribution in [1.82, 2.24) is 5.43 Å². The van der Waals surface area contributed by atoms with E-state index in [9.17, 15) is 0 Å². The van der Waals surface area contributed by atoms with Crippen molar-refractivity contribution in [3.05, 3.63) is 5.32 Å². The van der Waals surface area contributed by atoms with Gasteiger partial charge in [0.2, 0.25) is 0 Å². The van der Waals surface area contributed by atoms with Crippen LogP contribution < -0.4 is 11.3 Å². The Labute approximate surface area is 67.6 Å². The molecule has 0 saturated carbocycles. The molecule has 3 nitrogen and oxygen atoms in total. The van der Waals surface area contributed by atoms with Crippen molar-refractivity contribution >= 4 is 0 Å². The summed E-state index contributed by atoms with van der Waals surface area (Å²) in [5.74, 6) is 5.21. The maximum atomic E-state index is 5.21. The summed E-state index contributed by atoms with van der Waals surface area (Å²) in [5, 5.41) is 4.18. The molecule has 1 radical (unpaired) electrons. The minimum atomic E-state index is 0. The minimum absolute atomic E-state index is 0. The van der Waals surface area contributed by atoms with E-state index in [4.69, 9.17) is 5.84 Å². The number of hydrazine groups is 1. The fourth-order valence-electron chi connectivity index (χ4n) is 0.917. The van der Waals surface area contributed by atoms with Crippen LogP contribution in [0.15, 0.2) is 0 Å². The van der Waals surface area contributed by atoms with E-state index in [2.05, 4.69) is 10.7 Å². The van der Waals surface area contributed by atoms with Crippen LogP contribution in [0.2, 0.25) is 0 Å². The molecule has 0 aliphatic carbocycles. The Kier molecular flexibility index (Phi) is 5.54.